The third-order valence-electron chi connectivity index (χ3n) is 1.82. The van der Waals surface area contributed by atoms with E-state index < -0.39 is 7.82 Å². The van der Waals surface area contributed by atoms with Crippen LogP contribution in [0.4, 0.5) is 0 Å². The SMILES string of the molecule is O=P(O)(O)Oc1c[nH]c2cc(Br)ccc12. The van der Waals surface area contributed by atoms with Gasteiger partial charge in [0.15, 0.2) is 5.75 Å². The Labute approximate surface area is 93.4 Å². The van der Waals surface area contributed by atoms with Gasteiger partial charge in [-0.05, 0) is 18.2 Å². The van der Waals surface area contributed by atoms with Crippen molar-refractivity contribution in [3.05, 3.63) is 28.9 Å². The lowest BCUT2D eigenvalue weighted by Gasteiger charge is -2.04. The average molecular weight is 292 g/mol. The van der Waals surface area contributed by atoms with Crippen LogP contribution in [0.3, 0.4) is 0 Å². The van der Waals surface area contributed by atoms with E-state index >= 15 is 0 Å². The summed E-state index contributed by atoms with van der Waals surface area (Å²) in [7, 11) is -4.50. The van der Waals surface area contributed by atoms with Crippen molar-refractivity contribution in [2.75, 3.05) is 0 Å². The highest BCUT2D eigenvalue weighted by molar-refractivity contribution is 9.10. The molecule has 0 fully saturated rings. The number of phosphoric acid groups is 1. The summed E-state index contributed by atoms with van der Waals surface area (Å²) < 4.78 is 16.0. The average Bonchev–Trinajstić information content (AvgIpc) is 2.45. The smallest absolute Gasteiger partial charge is 0.402 e. The minimum absolute atomic E-state index is 0.144. The lowest BCUT2D eigenvalue weighted by molar-refractivity contribution is 0.284. The fraction of sp³-hybridized carbons (Fsp3) is 0. The largest absolute Gasteiger partial charge is 0.524 e. The van der Waals surface area contributed by atoms with Crippen molar-refractivity contribution in [3.63, 3.8) is 0 Å². The van der Waals surface area contributed by atoms with Crippen LogP contribution in [0.25, 0.3) is 10.9 Å². The van der Waals surface area contributed by atoms with Gasteiger partial charge in [-0.25, -0.2) is 4.57 Å². The summed E-state index contributed by atoms with van der Waals surface area (Å²) in [5.74, 6) is 0.144. The van der Waals surface area contributed by atoms with Crippen molar-refractivity contribution in [1.82, 2.24) is 4.98 Å². The number of halogens is 1. The van der Waals surface area contributed by atoms with Crippen molar-refractivity contribution in [2.24, 2.45) is 0 Å². The molecule has 0 bridgehead atoms. The fourth-order valence-corrected chi connectivity index (χ4v) is 2.04. The minimum Gasteiger partial charge on any atom is -0.402 e. The van der Waals surface area contributed by atoms with Crippen molar-refractivity contribution in [2.45, 2.75) is 0 Å². The monoisotopic (exact) mass is 291 g/mol. The Kier molecular flexibility index (Phi) is 2.60. The third-order valence-corrected chi connectivity index (χ3v) is 2.75. The van der Waals surface area contributed by atoms with Crippen LogP contribution in [0.2, 0.25) is 0 Å². The standard InChI is InChI=1S/C8H7BrNO4P/c9-5-1-2-6-7(3-5)10-4-8(6)14-15(11,12)13/h1-4,10H,(H2,11,12,13). The molecule has 2 rings (SSSR count). The first kappa shape index (κ1) is 10.7. The quantitative estimate of drug-likeness (QED) is 0.742. The Bertz CT molecular complexity index is 547. The molecule has 3 N–H and O–H groups in total. The van der Waals surface area contributed by atoms with Crippen LogP contribution in [-0.2, 0) is 4.57 Å². The van der Waals surface area contributed by atoms with E-state index in [0.717, 1.165) is 9.99 Å². The van der Waals surface area contributed by atoms with Gasteiger partial charge in [0.05, 0.1) is 5.52 Å². The molecule has 2 aromatic rings. The Hall–Kier alpha value is -0.810. The maximum atomic E-state index is 10.7. The first-order chi connectivity index (χ1) is 6.96. The van der Waals surface area contributed by atoms with Gasteiger partial charge < -0.3 is 9.51 Å². The van der Waals surface area contributed by atoms with Gasteiger partial charge in [-0.1, -0.05) is 15.9 Å². The van der Waals surface area contributed by atoms with Crippen LogP contribution < -0.4 is 4.52 Å². The number of hydrogen-bond donors (Lipinski definition) is 3. The molecule has 1 heterocycles. The summed E-state index contributed by atoms with van der Waals surface area (Å²) in [6.07, 6.45) is 1.41. The van der Waals surface area contributed by atoms with Gasteiger partial charge in [0.1, 0.15) is 0 Å². The van der Waals surface area contributed by atoms with Gasteiger partial charge in [0.25, 0.3) is 0 Å². The highest BCUT2D eigenvalue weighted by Gasteiger charge is 2.18. The van der Waals surface area contributed by atoms with Crippen LogP contribution in [0.1, 0.15) is 0 Å². The molecular formula is C8H7BrNO4P. The number of benzene rings is 1. The predicted molar refractivity (Wildman–Crippen MR) is 58.7 cm³/mol. The number of aromatic nitrogens is 1. The number of rotatable bonds is 2. The van der Waals surface area contributed by atoms with E-state index in [1.807, 2.05) is 0 Å². The molecule has 5 nitrogen and oxygen atoms in total. The van der Waals surface area contributed by atoms with Crippen LogP contribution in [0.15, 0.2) is 28.9 Å². The van der Waals surface area contributed by atoms with E-state index in [1.165, 1.54) is 6.20 Å². The zero-order valence-corrected chi connectivity index (χ0v) is 9.83. The van der Waals surface area contributed by atoms with Gasteiger partial charge in [-0.2, -0.15) is 0 Å². The molecule has 7 heteroatoms. The summed E-state index contributed by atoms with van der Waals surface area (Å²) in [5, 5.41) is 0.626. The zero-order valence-electron chi connectivity index (χ0n) is 7.35. The van der Waals surface area contributed by atoms with E-state index in [0.29, 0.717) is 5.39 Å². The van der Waals surface area contributed by atoms with Crippen LogP contribution in [0, 0.1) is 0 Å². The Morgan fingerprint density at radius 2 is 2.13 bits per heavy atom. The maximum absolute atomic E-state index is 10.7. The number of H-pyrrole nitrogens is 1. The summed E-state index contributed by atoms with van der Waals surface area (Å²) in [6, 6.07) is 5.27. The van der Waals surface area contributed by atoms with Crippen molar-refractivity contribution < 1.29 is 18.9 Å². The molecule has 0 amide bonds. The molecule has 0 unspecified atom stereocenters. The normalized spacial score (nSPS) is 11.9. The molecule has 80 valence electrons. The minimum atomic E-state index is -4.50. The maximum Gasteiger partial charge on any atom is 0.524 e. The molecule has 0 saturated heterocycles. The van der Waals surface area contributed by atoms with E-state index in [4.69, 9.17) is 9.79 Å². The first-order valence-corrected chi connectivity index (χ1v) is 6.30. The molecule has 0 aliphatic rings. The molecule has 1 aromatic carbocycles. The third kappa shape index (κ3) is 2.41. The van der Waals surface area contributed by atoms with E-state index in [1.54, 1.807) is 18.2 Å². The lowest BCUT2D eigenvalue weighted by atomic mass is 10.2. The summed E-state index contributed by atoms with van der Waals surface area (Å²) >= 11 is 3.29. The molecule has 0 spiro atoms. The molecule has 0 aliphatic carbocycles. The van der Waals surface area contributed by atoms with Gasteiger partial charge in [0.2, 0.25) is 0 Å². The summed E-state index contributed by atoms with van der Waals surface area (Å²) in [4.78, 5) is 20.2. The second-order valence-corrected chi connectivity index (χ2v) is 5.00. The molecular weight excluding hydrogens is 285 g/mol. The Balaban J connectivity index is 2.50. The summed E-state index contributed by atoms with van der Waals surface area (Å²) in [6.45, 7) is 0. The molecule has 15 heavy (non-hydrogen) atoms. The molecule has 0 aliphatic heterocycles. The van der Waals surface area contributed by atoms with Crippen molar-refractivity contribution >= 4 is 34.7 Å². The van der Waals surface area contributed by atoms with E-state index in [9.17, 15) is 4.57 Å². The highest BCUT2D eigenvalue weighted by atomic mass is 79.9. The van der Waals surface area contributed by atoms with Gasteiger partial charge in [-0.15, -0.1) is 0 Å². The van der Waals surface area contributed by atoms with Crippen molar-refractivity contribution in [1.29, 1.82) is 0 Å². The number of fused-ring (bicyclic) bond motifs is 1. The highest BCUT2D eigenvalue weighted by Crippen LogP contribution is 2.40. The number of phosphoric ester groups is 1. The van der Waals surface area contributed by atoms with Crippen molar-refractivity contribution in [3.8, 4) is 5.75 Å². The van der Waals surface area contributed by atoms with Crippen LogP contribution in [-0.4, -0.2) is 14.8 Å². The number of nitrogens with one attached hydrogen (secondary N) is 1. The van der Waals surface area contributed by atoms with E-state index in [-0.39, 0.29) is 5.75 Å². The topological polar surface area (TPSA) is 82.6 Å². The van der Waals surface area contributed by atoms with Gasteiger partial charge >= 0.3 is 7.82 Å². The molecule has 1 aromatic heterocycles. The van der Waals surface area contributed by atoms with Gasteiger partial charge in [-0.3, -0.25) is 9.79 Å². The van der Waals surface area contributed by atoms with Gasteiger partial charge in [0, 0.05) is 16.1 Å². The second kappa shape index (κ2) is 3.64. The zero-order chi connectivity index (χ0) is 11.1. The summed E-state index contributed by atoms with van der Waals surface area (Å²) in [5.41, 5.74) is 0.743. The number of aromatic amines is 1. The molecule has 0 atom stereocenters. The Morgan fingerprint density at radius 3 is 2.80 bits per heavy atom. The Morgan fingerprint density at radius 1 is 1.40 bits per heavy atom. The lowest BCUT2D eigenvalue weighted by Crippen LogP contribution is -1.88. The first-order valence-electron chi connectivity index (χ1n) is 3.97. The number of hydrogen-bond acceptors (Lipinski definition) is 2. The van der Waals surface area contributed by atoms with Crippen LogP contribution in [0.5, 0.6) is 5.75 Å². The molecule has 0 radical (unpaired) electrons. The van der Waals surface area contributed by atoms with E-state index in [2.05, 4.69) is 25.4 Å². The second-order valence-electron chi connectivity index (χ2n) is 2.92. The predicted octanol–water partition coefficient (Wildman–Crippen LogP) is 2.40. The fourth-order valence-electron chi connectivity index (χ4n) is 1.28. The molecule has 0 saturated carbocycles. The van der Waals surface area contributed by atoms with Crippen LogP contribution >= 0.6 is 23.8 Å².